The summed E-state index contributed by atoms with van der Waals surface area (Å²) >= 11 is 0. The molecule has 0 aliphatic carbocycles. The van der Waals surface area contributed by atoms with Crippen LogP contribution >= 0.6 is 0 Å². The number of hydrogen-bond acceptors (Lipinski definition) is 5. The van der Waals surface area contributed by atoms with Gasteiger partial charge in [-0.2, -0.15) is 0 Å². The molecule has 0 radical (unpaired) electrons. The molecule has 0 atom stereocenters. The molecule has 0 N–H and O–H groups in total. The molecular weight excluding hydrogens is 687 g/mol. The van der Waals surface area contributed by atoms with Gasteiger partial charge in [0.05, 0.1) is 0 Å². The number of nitrogens with zero attached hydrogens (tertiary/aromatic N) is 3. The molecule has 0 unspecified atom stereocenters. The third-order valence-electron chi connectivity index (χ3n) is 11.1. The lowest BCUT2D eigenvalue weighted by Gasteiger charge is -2.12. The second-order valence-electron chi connectivity index (χ2n) is 14.4. The van der Waals surface area contributed by atoms with Crippen LogP contribution in [0.5, 0.6) is 0 Å². The van der Waals surface area contributed by atoms with E-state index in [0.717, 1.165) is 93.2 Å². The first kappa shape index (κ1) is 30.8. The molecule has 0 aliphatic heterocycles. The van der Waals surface area contributed by atoms with Crippen LogP contribution in [0.2, 0.25) is 0 Å². The molecule has 3 aromatic heterocycles. The summed E-state index contributed by atoms with van der Waals surface area (Å²) in [5.74, 6) is 1.73. The maximum atomic E-state index is 6.59. The van der Waals surface area contributed by atoms with Crippen molar-refractivity contribution in [2.24, 2.45) is 0 Å². The van der Waals surface area contributed by atoms with E-state index in [9.17, 15) is 0 Å². The third-order valence-corrected chi connectivity index (χ3v) is 11.1. The van der Waals surface area contributed by atoms with Crippen LogP contribution < -0.4 is 0 Å². The second-order valence-corrected chi connectivity index (χ2v) is 14.4. The highest BCUT2D eigenvalue weighted by Gasteiger charge is 2.21. The average Bonchev–Trinajstić information content (AvgIpc) is 3.84. The summed E-state index contributed by atoms with van der Waals surface area (Å²) in [5.41, 5.74) is 8.12. The van der Waals surface area contributed by atoms with Gasteiger partial charge in [0.25, 0.3) is 0 Å². The molecular formula is C51H29N3O2. The molecule has 0 spiro atoms. The zero-order valence-corrected chi connectivity index (χ0v) is 29.9. The molecule has 3 heterocycles. The highest BCUT2D eigenvalue weighted by atomic mass is 16.3. The third kappa shape index (κ3) is 4.78. The lowest BCUT2D eigenvalue weighted by atomic mass is 9.98. The Labute approximate surface area is 320 Å². The van der Waals surface area contributed by atoms with Gasteiger partial charge in [0, 0.05) is 38.2 Å². The van der Waals surface area contributed by atoms with Crippen LogP contribution in [0.4, 0.5) is 0 Å². The molecule has 56 heavy (non-hydrogen) atoms. The summed E-state index contributed by atoms with van der Waals surface area (Å²) in [4.78, 5) is 15.8. The topological polar surface area (TPSA) is 65.0 Å². The molecule has 0 bridgehead atoms. The number of hydrogen-bond donors (Lipinski definition) is 0. The van der Waals surface area contributed by atoms with Gasteiger partial charge in [0.15, 0.2) is 17.5 Å². The second kappa shape index (κ2) is 11.9. The summed E-state index contributed by atoms with van der Waals surface area (Å²) in [6, 6.07) is 61.0. The van der Waals surface area contributed by atoms with Crippen molar-refractivity contribution < 1.29 is 8.83 Å². The maximum absolute atomic E-state index is 6.59. The minimum atomic E-state index is 0.568. The van der Waals surface area contributed by atoms with E-state index in [1.807, 2.05) is 24.3 Å². The van der Waals surface area contributed by atoms with Gasteiger partial charge in [-0.05, 0) is 85.9 Å². The summed E-state index contributed by atoms with van der Waals surface area (Å²) in [5, 5.41) is 11.0. The maximum Gasteiger partial charge on any atom is 0.164 e. The Morgan fingerprint density at radius 3 is 1.64 bits per heavy atom. The monoisotopic (exact) mass is 715 g/mol. The highest BCUT2D eigenvalue weighted by Crippen LogP contribution is 2.42. The van der Waals surface area contributed by atoms with Crippen molar-refractivity contribution >= 4 is 76.2 Å². The van der Waals surface area contributed by atoms with E-state index in [1.54, 1.807) is 0 Å². The Balaban J connectivity index is 1.09. The predicted molar refractivity (Wildman–Crippen MR) is 229 cm³/mol. The fourth-order valence-corrected chi connectivity index (χ4v) is 8.41. The molecule has 0 saturated heterocycles. The van der Waals surface area contributed by atoms with Crippen LogP contribution in [0.25, 0.3) is 121 Å². The quantitative estimate of drug-likeness (QED) is 0.181. The Bertz CT molecular complexity index is 3560. The smallest absolute Gasteiger partial charge is 0.164 e. The fraction of sp³-hybridized carbons (Fsp3) is 0. The van der Waals surface area contributed by atoms with E-state index in [0.29, 0.717) is 17.5 Å². The van der Waals surface area contributed by atoms with E-state index in [4.69, 9.17) is 23.8 Å². The van der Waals surface area contributed by atoms with Crippen LogP contribution in [0, 0.1) is 0 Å². The van der Waals surface area contributed by atoms with E-state index >= 15 is 0 Å². The molecule has 5 nitrogen and oxygen atoms in total. The zero-order valence-electron chi connectivity index (χ0n) is 29.9. The van der Waals surface area contributed by atoms with Crippen LogP contribution in [0.1, 0.15) is 0 Å². The van der Waals surface area contributed by atoms with Crippen molar-refractivity contribution in [2.75, 3.05) is 0 Å². The van der Waals surface area contributed by atoms with Gasteiger partial charge in [-0.25, -0.2) is 15.0 Å². The van der Waals surface area contributed by atoms with Gasteiger partial charge in [0.2, 0.25) is 0 Å². The first-order valence-electron chi connectivity index (χ1n) is 18.8. The highest BCUT2D eigenvalue weighted by molar-refractivity contribution is 6.22. The molecule has 260 valence electrons. The fourth-order valence-electron chi connectivity index (χ4n) is 8.41. The Kier molecular flexibility index (Phi) is 6.56. The summed E-state index contributed by atoms with van der Waals surface area (Å²) in [6.07, 6.45) is 0. The molecule has 0 fully saturated rings. The van der Waals surface area contributed by atoms with Crippen molar-refractivity contribution in [2.45, 2.75) is 0 Å². The lowest BCUT2D eigenvalue weighted by molar-refractivity contribution is 0.669. The molecule has 0 aliphatic rings. The largest absolute Gasteiger partial charge is 0.456 e. The minimum Gasteiger partial charge on any atom is -0.456 e. The van der Waals surface area contributed by atoms with E-state index in [-0.39, 0.29) is 0 Å². The van der Waals surface area contributed by atoms with Crippen molar-refractivity contribution in [1.29, 1.82) is 0 Å². The lowest BCUT2D eigenvalue weighted by Crippen LogP contribution is -2.01. The molecule has 0 amide bonds. The van der Waals surface area contributed by atoms with Gasteiger partial charge in [-0.1, -0.05) is 133 Å². The summed E-state index contributed by atoms with van der Waals surface area (Å²) in [6.45, 7) is 0. The molecule has 12 rings (SSSR count). The molecule has 9 aromatic carbocycles. The molecule has 0 saturated carbocycles. The Morgan fingerprint density at radius 2 is 0.839 bits per heavy atom. The van der Waals surface area contributed by atoms with Gasteiger partial charge in [-0.15, -0.1) is 0 Å². The van der Waals surface area contributed by atoms with Gasteiger partial charge in [-0.3, -0.25) is 0 Å². The van der Waals surface area contributed by atoms with Crippen molar-refractivity contribution in [3.8, 4) is 45.3 Å². The number of fused-ring (bicyclic) bond motifs is 10. The minimum absolute atomic E-state index is 0.568. The Morgan fingerprint density at radius 1 is 0.286 bits per heavy atom. The van der Waals surface area contributed by atoms with Crippen molar-refractivity contribution in [3.05, 3.63) is 176 Å². The average molecular weight is 716 g/mol. The van der Waals surface area contributed by atoms with E-state index in [2.05, 4.69) is 152 Å². The van der Waals surface area contributed by atoms with Gasteiger partial charge >= 0.3 is 0 Å². The summed E-state index contributed by atoms with van der Waals surface area (Å²) in [7, 11) is 0. The number of rotatable bonds is 4. The van der Waals surface area contributed by atoms with Crippen LogP contribution in [-0.2, 0) is 0 Å². The van der Waals surface area contributed by atoms with E-state index in [1.165, 1.54) is 10.8 Å². The van der Waals surface area contributed by atoms with E-state index < -0.39 is 0 Å². The van der Waals surface area contributed by atoms with Crippen molar-refractivity contribution in [3.63, 3.8) is 0 Å². The summed E-state index contributed by atoms with van der Waals surface area (Å²) < 4.78 is 13.1. The standard InChI is InChI=1S/C51H29N3O2/c1-3-12-32-26-34(22-20-30(32)10-1)35-24-25-40-45(28-35)56-44-19-9-17-41(48(40)44)50-52-49(36-23-21-31-11-2-4-13-33(31)27-36)53-51(54-50)42-29-46-47(38-15-6-5-14-37(38)42)39-16-7-8-18-43(39)55-46/h1-29H. The van der Waals surface area contributed by atoms with Gasteiger partial charge < -0.3 is 8.83 Å². The van der Waals surface area contributed by atoms with Crippen LogP contribution in [-0.4, -0.2) is 15.0 Å². The zero-order chi connectivity index (χ0) is 36.7. The Hall–Kier alpha value is -7.63. The number of para-hydroxylation sites is 1. The SMILES string of the molecule is c1ccc2cc(-c3ccc4c(c3)oc3cccc(-c5nc(-c6ccc7ccccc7c6)nc(-c6cc7oc8ccccc8c7c7ccccc67)n5)c34)ccc2c1. The van der Waals surface area contributed by atoms with Crippen LogP contribution in [0.3, 0.4) is 0 Å². The molecule has 12 aromatic rings. The number of furan rings is 2. The number of benzene rings is 9. The van der Waals surface area contributed by atoms with Crippen molar-refractivity contribution in [1.82, 2.24) is 15.0 Å². The van der Waals surface area contributed by atoms with Gasteiger partial charge in [0.1, 0.15) is 22.3 Å². The first-order valence-corrected chi connectivity index (χ1v) is 18.8. The molecule has 5 heteroatoms. The number of aromatic nitrogens is 3. The predicted octanol–water partition coefficient (Wildman–Crippen LogP) is 13.8. The normalized spacial score (nSPS) is 11.9. The first-order chi connectivity index (χ1) is 27.7. The van der Waals surface area contributed by atoms with Crippen LogP contribution in [0.15, 0.2) is 185 Å².